The Labute approximate surface area is 184 Å². The normalized spacial score (nSPS) is 13.8. The zero-order chi connectivity index (χ0) is 22.9. The van der Waals surface area contributed by atoms with E-state index in [9.17, 15) is 13.6 Å². The maximum Gasteiger partial charge on any atom is 0.410 e. The van der Waals surface area contributed by atoms with Crippen LogP contribution >= 0.6 is 0 Å². The minimum Gasteiger partial charge on any atom is -0.444 e. The highest BCUT2D eigenvalue weighted by Gasteiger charge is 2.30. The molecular formula is C23H24F2N4O3. The average molecular weight is 442 g/mol. The van der Waals surface area contributed by atoms with Crippen molar-refractivity contribution in [3.05, 3.63) is 54.5 Å². The second-order valence-electron chi connectivity index (χ2n) is 8.43. The Kier molecular flexibility index (Phi) is 5.82. The molecule has 168 valence electrons. The third kappa shape index (κ3) is 4.71. The first kappa shape index (κ1) is 21.7. The molecular weight excluding hydrogens is 418 g/mol. The van der Waals surface area contributed by atoms with Gasteiger partial charge in [-0.15, -0.1) is 0 Å². The van der Waals surface area contributed by atoms with E-state index in [2.05, 4.69) is 9.72 Å². The summed E-state index contributed by atoms with van der Waals surface area (Å²) in [4.78, 5) is 18.4. The van der Waals surface area contributed by atoms with Crippen LogP contribution in [0.15, 0.2) is 48.8 Å². The lowest BCUT2D eigenvalue weighted by molar-refractivity contribution is -0.0498. The van der Waals surface area contributed by atoms with Crippen molar-refractivity contribution in [1.82, 2.24) is 19.7 Å². The molecule has 0 aliphatic carbocycles. The van der Waals surface area contributed by atoms with E-state index in [1.54, 1.807) is 29.4 Å². The van der Waals surface area contributed by atoms with Crippen LogP contribution in [-0.4, -0.2) is 44.5 Å². The Morgan fingerprint density at radius 3 is 2.34 bits per heavy atom. The van der Waals surface area contributed by atoms with E-state index in [1.165, 1.54) is 12.1 Å². The molecule has 3 heterocycles. The zero-order valence-corrected chi connectivity index (χ0v) is 18.1. The molecule has 0 atom stereocenters. The summed E-state index contributed by atoms with van der Waals surface area (Å²) in [7, 11) is 0. The maximum absolute atomic E-state index is 12.7. The predicted octanol–water partition coefficient (Wildman–Crippen LogP) is 4.96. The first-order valence-corrected chi connectivity index (χ1v) is 10.2. The standard InChI is InChI=1S/C23H24F2N4O3/c1-23(2,3)32-22(30)28-12-13-29-18(14-28)19(15-8-10-26-11-9-15)20(27-29)16-4-6-17(7-5-16)31-21(24)25/h4-11,21H,12-14H2,1-3H3. The van der Waals surface area contributed by atoms with Gasteiger partial charge in [-0.2, -0.15) is 13.9 Å². The van der Waals surface area contributed by atoms with Crippen molar-refractivity contribution in [1.29, 1.82) is 0 Å². The molecule has 32 heavy (non-hydrogen) atoms. The van der Waals surface area contributed by atoms with E-state index in [0.717, 1.165) is 22.4 Å². The molecule has 0 spiro atoms. The van der Waals surface area contributed by atoms with Crippen molar-refractivity contribution in [2.45, 2.75) is 46.1 Å². The Bertz CT molecular complexity index is 1090. The largest absolute Gasteiger partial charge is 0.444 e. The number of halogens is 2. The topological polar surface area (TPSA) is 69.5 Å². The molecule has 0 unspecified atom stereocenters. The summed E-state index contributed by atoms with van der Waals surface area (Å²) in [5.74, 6) is 0.0780. The van der Waals surface area contributed by atoms with Crippen LogP contribution in [0.2, 0.25) is 0 Å². The van der Waals surface area contributed by atoms with E-state index in [0.29, 0.717) is 25.3 Å². The molecule has 3 aromatic rings. The number of nitrogens with zero attached hydrogens (tertiary/aromatic N) is 4. The SMILES string of the molecule is CC(C)(C)OC(=O)N1CCn2nc(-c3ccc(OC(F)F)cc3)c(-c3ccncc3)c2C1. The first-order chi connectivity index (χ1) is 15.2. The van der Waals surface area contributed by atoms with Gasteiger partial charge in [-0.3, -0.25) is 9.67 Å². The highest BCUT2D eigenvalue weighted by molar-refractivity contribution is 5.83. The highest BCUT2D eigenvalue weighted by Crippen LogP contribution is 2.37. The van der Waals surface area contributed by atoms with Crippen LogP contribution in [0.5, 0.6) is 5.75 Å². The van der Waals surface area contributed by atoms with Crippen molar-refractivity contribution < 1.29 is 23.0 Å². The van der Waals surface area contributed by atoms with Crippen molar-refractivity contribution in [2.75, 3.05) is 6.54 Å². The molecule has 1 amide bonds. The summed E-state index contributed by atoms with van der Waals surface area (Å²) in [6.45, 7) is 3.95. The van der Waals surface area contributed by atoms with Gasteiger partial charge < -0.3 is 14.4 Å². The molecule has 2 aromatic heterocycles. The van der Waals surface area contributed by atoms with Gasteiger partial charge in [-0.05, 0) is 62.7 Å². The predicted molar refractivity (Wildman–Crippen MR) is 114 cm³/mol. The number of alkyl halides is 2. The van der Waals surface area contributed by atoms with Crippen molar-refractivity contribution >= 4 is 6.09 Å². The van der Waals surface area contributed by atoms with Gasteiger partial charge in [0.2, 0.25) is 0 Å². The van der Waals surface area contributed by atoms with Gasteiger partial charge >= 0.3 is 12.7 Å². The number of hydrogen-bond acceptors (Lipinski definition) is 5. The lowest BCUT2D eigenvalue weighted by Crippen LogP contribution is -2.41. The number of fused-ring (bicyclic) bond motifs is 1. The molecule has 9 heteroatoms. The van der Waals surface area contributed by atoms with E-state index in [1.807, 2.05) is 37.6 Å². The summed E-state index contributed by atoms with van der Waals surface area (Å²) in [5, 5.41) is 4.78. The third-order valence-electron chi connectivity index (χ3n) is 4.95. The molecule has 0 bridgehead atoms. The fourth-order valence-corrected chi connectivity index (χ4v) is 3.62. The Morgan fingerprint density at radius 2 is 1.72 bits per heavy atom. The Balaban J connectivity index is 1.73. The number of carbonyl (C=O) groups excluding carboxylic acids is 1. The monoisotopic (exact) mass is 442 g/mol. The van der Waals surface area contributed by atoms with Crippen LogP contribution in [0.1, 0.15) is 26.5 Å². The number of aromatic nitrogens is 3. The van der Waals surface area contributed by atoms with Gasteiger partial charge in [0, 0.05) is 30.1 Å². The van der Waals surface area contributed by atoms with Crippen LogP contribution in [0, 0.1) is 0 Å². The number of benzene rings is 1. The van der Waals surface area contributed by atoms with Crippen LogP contribution in [0.3, 0.4) is 0 Å². The van der Waals surface area contributed by atoms with Gasteiger partial charge in [-0.1, -0.05) is 0 Å². The van der Waals surface area contributed by atoms with Crippen molar-refractivity contribution in [2.24, 2.45) is 0 Å². The van der Waals surface area contributed by atoms with E-state index in [-0.39, 0.29) is 11.8 Å². The summed E-state index contributed by atoms with van der Waals surface area (Å²) in [5.41, 5.74) is 3.50. The minimum absolute atomic E-state index is 0.0780. The molecule has 0 radical (unpaired) electrons. The van der Waals surface area contributed by atoms with E-state index < -0.39 is 12.2 Å². The second-order valence-corrected chi connectivity index (χ2v) is 8.43. The Hall–Kier alpha value is -3.49. The number of rotatable bonds is 4. The molecule has 0 N–H and O–H groups in total. The van der Waals surface area contributed by atoms with E-state index >= 15 is 0 Å². The molecule has 0 saturated carbocycles. The molecule has 0 fully saturated rings. The van der Waals surface area contributed by atoms with Crippen LogP contribution in [-0.2, 0) is 17.8 Å². The van der Waals surface area contributed by atoms with Crippen molar-refractivity contribution in [3.8, 4) is 28.1 Å². The lowest BCUT2D eigenvalue weighted by Gasteiger charge is -2.30. The molecule has 4 rings (SSSR count). The van der Waals surface area contributed by atoms with Gasteiger partial charge in [-0.25, -0.2) is 4.79 Å². The quantitative estimate of drug-likeness (QED) is 0.571. The smallest absolute Gasteiger partial charge is 0.410 e. The van der Waals surface area contributed by atoms with Crippen LogP contribution in [0.25, 0.3) is 22.4 Å². The number of hydrogen-bond donors (Lipinski definition) is 0. The molecule has 1 aromatic carbocycles. The number of amides is 1. The van der Waals surface area contributed by atoms with E-state index in [4.69, 9.17) is 9.84 Å². The van der Waals surface area contributed by atoms with Gasteiger partial charge in [0.1, 0.15) is 17.0 Å². The molecule has 1 aliphatic heterocycles. The number of ether oxygens (including phenoxy) is 2. The fraction of sp³-hybridized carbons (Fsp3) is 0.348. The third-order valence-corrected chi connectivity index (χ3v) is 4.95. The maximum atomic E-state index is 12.7. The second kappa shape index (κ2) is 8.57. The minimum atomic E-state index is -2.88. The first-order valence-electron chi connectivity index (χ1n) is 10.2. The summed E-state index contributed by atoms with van der Waals surface area (Å²) in [6, 6.07) is 10.1. The van der Waals surface area contributed by atoms with Crippen LogP contribution < -0.4 is 4.74 Å². The summed E-state index contributed by atoms with van der Waals surface area (Å²) in [6.07, 6.45) is 3.01. The molecule has 7 nitrogen and oxygen atoms in total. The van der Waals surface area contributed by atoms with Crippen molar-refractivity contribution in [3.63, 3.8) is 0 Å². The van der Waals surface area contributed by atoms with Gasteiger partial charge in [0.05, 0.1) is 18.8 Å². The lowest BCUT2D eigenvalue weighted by atomic mass is 9.99. The Morgan fingerprint density at radius 1 is 1.03 bits per heavy atom. The number of carbonyl (C=O) groups is 1. The van der Waals surface area contributed by atoms with Gasteiger partial charge in [0.25, 0.3) is 0 Å². The number of pyridine rings is 1. The molecule has 1 aliphatic rings. The highest BCUT2D eigenvalue weighted by atomic mass is 19.3. The fourth-order valence-electron chi connectivity index (χ4n) is 3.62. The zero-order valence-electron chi connectivity index (χ0n) is 18.1. The molecule has 0 saturated heterocycles. The average Bonchev–Trinajstić information content (AvgIpc) is 3.12. The van der Waals surface area contributed by atoms with Gasteiger partial charge in [0.15, 0.2) is 0 Å². The summed E-state index contributed by atoms with van der Waals surface area (Å²) < 4.78 is 36.9. The summed E-state index contributed by atoms with van der Waals surface area (Å²) >= 11 is 0. The van der Waals surface area contributed by atoms with Crippen LogP contribution in [0.4, 0.5) is 13.6 Å².